The molecule has 21 heavy (non-hydrogen) atoms. The molecule has 6 heteroatoms. The van der Waals surface area contributed by atoms with Crippen LogP contribution in [0, 0.1) is 5.92 Å². The van der Waals surface area contributed by atoms with E-state index in [1.54, 1.807) is 4.31 Å². The van der Waals surface area contributed by atoms with E-state index in [-0.39, 0.29) is 6.04 Å². The van der Waals surface area contributed by atoms with Crippen LogP contribution in [0.1, 0.15) is 43.7 Å². The quantitative estimate of drug-likeness (QED) is 0.874. The predicted molar refractivity (Wildman–Crippen MR) is 83.6 cm³/mol. The number of furan rings is 1. The maximum absolute atomic E-state index is 11.7. The van der Waals surface area contributed by atoms with Crippen LogP contribution in [0.5, 0.6) is 0 Å². The van der Waals surface area contributed by atoms with Crippen LogP contribution in [-0.2, 0) is 16.4 Å². The first-order chi connectivity index (χ1) is 9.94. The molecule has 0 bridgehead atoms. The van der Waals surface area contributed by atoms with Crippen LogP contribution < -0.4 is 5.32 Å². The van der Waals surface area contributed by atoms with Crippen molar-refractivity contribution in [3.05, 3.63) is 23.7 Å². The maximum Gasteiger partial charge on any atom is 0.211 e. The largest absolute Gasteiger partial charge is 0.464 e. The summed E-state index contributed by atoms with van der Waals surface area (Å²) >= 11 is 0. The summed E-state index contributed by atoms with van der Waals surface area (Å²) in [6.07, 6.45) is 5.10. The summed E-state index contributed by atoms with van der Waals surface area (Å²) in [4.78, 5) is 0. The SMILES string of the molecule is CCc1ccc(C(CC2CCCN(S(C)(=O)=O)C2)NC)o1. The Morgan fingerprint density at radius 2 is 2.24 bits per heavy atom. The second-order valence-corrected chi connectivity index (χ2v) is 7.85. The van der Waals surface area contributed by atoms with Crippen LogP contribution in [0.25, 0.3) is 0 Å². The van der Waals surface area contributed by atoms with Crippen LogP contribution in [0.2, 0.25) is 0 Å². The van der Waals surface area contributed by atoms with Gasteiger partial charge in [-0.15, -0.1) is 0 Å². The standard InChI is InChI=1S/C15H26N2O3S/c1-4-13-7-8-15(20-13)14(16-2)10-12-6-5-9-17(11-12)21(3,18)19/h7-8,12,14,16H,4-6,9-11H2,1-3H3. The highest BCUT2D eigenvalue weighted by molar-refractivity contribution is 7.88. The lowest BCUT2D eigenvalue weighted by Crippen LogP contribution is -2.40. The molecular weight excluding hydrogens is 288 g/mol. The molecule has 1 aromatic heterocycles. The molecule has 2 unspecified atom stereocenters. The van der Waals surface area contributed by atoms with Gasteiger partial charge in [0.1, 0.15) is 11.5 Å². The highest BCUT2D eigenvalue weighted by atomic mass is 32.2. The Hall–Kier alpha value is -0.850. The highest BCUT2D eigenvalue weighted by Gasteiger charge is 2.28. The lowest BCUT2D eigenvalue weighted by Gasteiger charge is -2.32. The average Bonchev–Trinajstić information content (AvgIpc) is 2.93. The third-order valence-corrected chi connectivity index (χ3v) is 5.51. The van der Waals surface area contributed by atoms with E-state index in [0.29, 0.717) is 19.0 Å². The van der Waals surface area contributed by atoms with Gasteiger partial charge in [0.25, 0.3) is 0 Å². The van der Waals surface area contributed by atoms with E-state index in [9.17, 15) is 8.42 Å². The van der Waals surface area contributed by atoms with E-state index < -0.39 is 10.0 Å². The fourth-order valence-electron chi connectivity index (χ4n) is 3.00. The van der Waals surface area contributed by atoms with Gasteiger partial charge >= 0.3 is 0 Å². The third-order valence-electron chi connectivity index (χ3n) is 4.24. The molecule has 0 amide bonds. The zero-order valence-electron chi connectivity index (χ0n) is 13.1. The van der Waals surface area contributed by atoms with Crippen LogP contribution in [-0.4, -0.2) is 39.1 Å². The Kier molecular flexibility index (Phi) is 5.46. The molecule has 2 atom stereocenters. The highest BCUT2D eigenvalue weighted by Crippen LogP contribution is 2.29. The molecule has 1 saturated heterocycles. The van der Waals surface area contributed by atoms with Gasteiger partial charge in [-0.3, -0.25) is 0 Å². The van der Waals surface area contributed by atoms with Crippen LogP contribution >= 0.6 is 0 Å². The first kappa shape index (κ1) is 16.5. The van der Waals surface area contributed by atoms with Crippen molar-refractivity contribution in [2.45, 2.75) is 38.6 Å². The lowest BCUT2D eigenvalue weighted by atomic mass is 9.91. The fourth-order valence-corrected chi connectivity index (χ4v) is 3.94. The fraction of sp³-hybridized carbons (Fsp3) is 0.733. The molecule has 120 valence electrons. The number of nitrogens with one attached hydrogen (secondary N) is 1. The van der Waals surface area contributed by atoms with Crippen molar-refractivity contribution in [1.82, 2.24) is 9.62 Å². The molecular formula is C15H26N2O3S. The van der Waals surface area contributed by atoms with Crippen LogP contribution in [0.3, 0.4) is 0 Å². The summed E-state index contributed by atoms with van der Waals surface area (Å²) in [6, 6.07) is 4.19. The van der Waals surface area contributed by atoms with E-state index in [2.05, 4.69) is 12.2 Å². The van der Waals surface area contributed by atoms with Crippen molar-refractivity contribution in [2.75, 3.05) is 26.4 Å². The van der Waals surface area contributed by atoms with Crippen LogP contribution in [0.15, 0.2) is 16.5 Å². The average molecular weight is 314 g/mol. The van der Waals surface area contributed by atoms with Gasteiger partial charge in [0.15, 0.2) is 0 Å². The number of aryl methyl sites for hydroxylation is 1. The normalized spacial score (nSPS) is 22.3. The zero-order valence-corrected chi connectivity index (χ0v) is 13.9. The smallest absolute Gasteiger partial charge is 0.211 e. The number of nitrogens with zero attached hydrogens (tertiary/aromatic N) is 1. The maximum atomic E-state index is 11.7. The first-order valence-electron chi connectivity index (χ1n) is 7.65. The number of hydrogen-bond acceptors (Lipinski definition) is 4. The van der Waals surface area contributed by atoms with Gasteiger partial charge in [-0.25, -0.2) is 12.7 Å². The third kappa shape index (κ3) is 4.31. The molecule has 0 saturated carbocycles. The minimum atomic E-state index is -3.08. The van der Waals surface area contributed by atoms with Crippen LogP contribution in [0.4, 0.5) is 0 Å². The first-order valence-corrected chi connectivity index (χ1v) is 9.49. The Balaban J connectivity index is 2.01. The second-order valence-electron chi connectivity index (χ2n) is 5.86. The summed E-state index contributed by atoms with van der Waals surface area (Å²) in [5, 5.41) is 3.29. The number of piperidine rings is 1. The van der Waals surface area contributed by atoms with Crippen molar-refractivity contribution in [1.29, 1.82) is 0 Å². The van der Waals surface area contributed by atoms with Gasteiger partial charge in [0.05, 0.1) is 12.3 Å². The molecule has 1 fully saturated rings. The minimum absolute atomic E-state index is 0.148. The van der Waals surface area contributed by atoms with E-state index in [1.165, 1.54) is 6.26 Å². The Labute approximate surface area is 127 Å². The van der Waals surface area contributed by atoms with Gasteiger partial charge in [-0.2, -0.15) is 0 Å². The lowest BCUT2D eigenvalue weighted by molar-refractivity contribution is 0.232. The molecule has 1 aliphatic heterocycles. The van der Waals surface area contributed by atoms with Crippen molar-refractivity contribution >= 4 is 10.0 Å². The molecule has 0 aliphatic carbocycles. The summed E-state index contributed by atoms with van der Waals surface area (Å²) in [6.45, 7) is 3.35. The molecule has 2 rings (SSSR count). The monoisotopic (exact) mass is 314 g/mol. The Morgan fingerprint density at radius 3 is 2.81 bits per heavy atom. The molecule has 5 nitrogen and oxygen atoms in total. The van der Waals surface area contributed by atoms with Gasteiger partial charge in [-0.05, 0) is 44.4 Å². The topological polar surface area (TPSA) is 62.6 Å². The van der Waals surface area contributed by atoms with Gasteiger partial charge in [0.2, 0.25) is 10.0 Å². The summed E-state index contributed by atoms with van der Waals surface area (Å²) in [5.41, 5.74) is 0. The van der Waals surface area contributed by atoms with E-state index >= 15 is 0 Å². The van der Waals surface area contributed by atoms with E-state index in [4.69, 9.17) is 4.42 Å². The van der Waals surface area contributed by atoms with Gasteiger partial charge < -0.3 is 9.73 Å². The molecule has 1 aliphatic rings. The van der Waals surface area contributed by atoms with Crippen molar-refractivity contribution < 1.29 is 12.8 Å². The number of hydrogen-bond donors (Lipinski definition) is 1. The molecule has 1 N–H and O–H groups in total. The van der Waals surface area contributed by atoms with Gasteiger partial charge in [0, 0.05) is 19.5 Å². The summed E-state index contributed by atoms with van der Waals surface area (Å²) in [5.74, 6) is 2.32. The van der Waals surface area contributed by atoms with Crippen molar-refractivity contribution in [3.8, 4) is 0 Å². The Morgan fingerprint density at radius 1 is 1.48 bits per heavy atom. The van der Waals surface area contributed by atoms with E-state index in [0.717, 1.165) is 37.2 Å². The minimum Gasteiger partial charge on any atom is -0.464 e. The number of sulfonamides is 1. The van der Waals surface area contributed by atoms with Crippen molar-refractivity contribution in [3.63, 3.8) is 0 Å². The summed E-state index contributed by atoms with van der Waals surface area (Å²) < 4.78 is 30.8. The molecule has 0 radical (unpaired) electrons. The molecule has 0 spiro atoms. The number of rotatable bonds is 6. The second kappa shape index (κ2) is 6.94. The van der Waals surface area contributed by atoms with Crippen molar-refractivity contribution in [2.24, 2.45) is 5.92 Å². The Bertz CT molecular complexity index is 553. The van der Waals surface area contributed by atoms with E-state index in [1.807, 2.05) is 19.2 Å². The molecule has 1 aromatic rings. The van der Waals surface area contributed by atoms with Gasteiger partial charge in [-0.1, -0.05) is 6.92 Å². The molecule has 2 heterocycles. The molecule has 0 aromatic carbocycles. The summed E-state index contributed by atoms with van der Waals surface area (Å²) in [7, 11) is -1.15. The predicted octanol–water partition coefficient (Wildman–Crippen LogP) is 2.16. The zero-order chi connectivity index (χ0) is 15.5.